The van der Waals surface area contributed by atoms with Crippen molar-refractivity contribution in [2.24, 2.45) is 5.73 Å². The van der Waals surface area contributed by atoms with Crippen molar-refractivity contribution < 1.29 is 13.2 Å². The van der Waals surface area contributed by atoms with Gasteiger partial charge in [-0.1, -0.05) is 12.1 Å². The predicted octanol–water partition coefficient (Wildman–Crippen LogP) is 3.36. The van der Waals surface area contributed by atoms with Gasteiger partial charge in [-0.3, -0.25) is 4.90 Å². The van der Waals surface area contributed by atoms with Crippen molar-refractivity contribution in [3.8, 4) is 10.6 Å². The normalized spacial score (nSPS) is 19.7. The summed E-state index contributed by atoms with van der Waals surface area (Å²) in [6.45, 7) is 2.58. The van der Waals surface area contributed by atoms with Gasteiger partial charge in [0.1, 0.15) is 5.01 Å². The van der Waals surface area contributed by atoms with Gasteiger partial charge in [0.15, 0.2) is 0 Å². The third kappa shape index (κ3) is 3.48. The maximum Gasteiger partial charge on any atom is 0.416 e. The van der Waals surface area contributed by atoms with Crippen LogP contribution in [0.15, 0.2) is 29.6 Å². The van der Waals surface area contributed by atoms with Crippen LogP contribution in [0.25, 0.3) is 10.6 Å². The molecular formula is C15H16F3N3S. The second-order valence-electron chi connectivity index (χ2n) is 5.50. The molecule has 1 aromatic heterocycles. The number of nitrogens with two attached hydrogens (primary N) is 1. The fraction of sp³-hybridized carbons (Fsp3) is 0.400. The van der Waals surface area contributed by atoms with Crippen LogP contribution in [0.4, 0.5) is 13.2 Å². The van der Waals surface area contributed by atoms with Crippen LogP contribution in [0.2, 0.25) is 0 Å². The molecule has 22 heavy (non-hydrogen) atoms. The van der Waals surface area contributed by atoms with Crippen molar-refractivity contribution >= 4 is 11.3 Å². The molecule has 2 heterocycles. The number of rotatable bonds is 3. The Morgan fingerprint density at radius 3 is 2.59 bits per heavy atom. The topological polar surface area (TPSA) is 42.1 Å². The molecule has 0 amide bonds. The third-order valence-corrected chi connectivity index (χ3v) is 4.65. The lowest BCUT2D eigenvalue weighted by Gasteiger charge is -2.12. The summed E-state index contributed by atoms with van der Waals surface area (Å²) in [5.41, 5.74) is 6.88. The highest BCUT2D eigenvalue weighted by atomic mass is 32.1. The van der Waals surface area contributed by atoms with Crippen molar-refractivity contribution in [1.29, 1.82) is 0 Å². The summed E-state index contributed by atoms with van der Waals surface area (Å²) < 4.78 is 37.7. The van der Waals surface area contributed by atoms with Gasteiger partial charge >= 0.3 is 6.18 Å². The molecule has 1 aliphatic rings. The van der Waals surface area contributed by atoms with Crippen LogP contribution in [0, 0.1) is 0 Å². The van der Waals surface area contributed by atoms with E-state index >= 15 is 0 Å². The second kappa shape index (κ2) is 5.98. The minimum atomic E-state index is -4.30. The first-order valence-corrected chi connectivity index (χ1v) is 7.90. The molecule has 1 aromatic carbocycles. The number of hydrogen-bond acceptors (Lipinski definition) is 4. The van der Waals surface area contributed by atoms with E-state index < -0.39 is 11.7 Å². The fourth-order valence-electron chi connectivity index (χ4n) is 2.55. The standard InChI is InChI=1S/C15H16F3N3S/c16-15(17,18)11-3-1-10(2-4-11)14-20-13(9-22-14)8-21-6-5-12(19)7-21/h1-4,9,12H,5-8,19H2/t12-/m1/s1. The number of aromatic nitrogens is 1. The number of thiazole rings is 1. The van der Waals surface area contributed by atoms with E-state index in [0.29, 0.717) is 5.56 Å². The Bertz CT molecular complexity index is 636. The van der Waals surface area contributed by atoms with Crippen molar-refractivity contribution in [3.05, 3.63) is 40.9 Å². The van der Waals surface area contributed by atoms with Gasteiger partial charge < -0.3 is 5.73 Å². The van der Waals surface area contributed by atoms with Gasteiger partial charge in [-0.05, 0) is 18.6 Å². The number of nitrogens with zero attached hydrogens (tertiary/aromatic N) is 2. The minimum absolute atomic E-state index is 0.230. The number of halogens is 3. The van der Waals surface area contributed by atoms with E-state index in [4.69, 9.17) is 5.73 Å². The maximum atomic E-state index is 12.6. The van der Waals surface area contributed by atoms with E-state index in [9.17, 15) is 13.2 Å². The number of likely N-dealkylation sites (tertiary alicyclic amines) is 1. The van der Waals surface area contributed by atoms with Crippen molar-refractivity contribution in [2.75, 3.05) is 13.1 Å². The summed E-state index contributed by atoms with van der Waals surface area (Å²) in [6.07, 6.45) is -3.31. The molecule has 7 heteroatoms. The Balaban J connectivity index is 1.70. The zero-order chi connectivity index (χ0) is 15.7. The molecule has 0 bridgehead atoms. The monoisotopic (exact) mass is 327 g/mol. The average molecular weight is 327 g/mol. The third-order valence-electron chi connectivity index (χ3n) is 3.71. The molecule has 3 nitrogen and oxygen atoms in total. The van der Waals surface area contributed by atoms with Gasteiger partial charge in [-0.25, -0.2) is 4.98 Å². The van der Waals surface area contributed by atoms with Crippen LogP contribution in [0.1, 0.15) is 17.7 Å². The molecule has 0 radical (unpaired) electrons. The molecule has 0 saturated carbocycles. The Kier molecular flexibility index (Phi) is 4.20. The molecule has 3 rings (SSSR count). The summed E-state index contributed by atoms with van der Waals surface area (Å²) in [5, 5.41) is 2.70. The van der Waals surface area contributed by atoms with Gasteiger partial charge in [-0.2, -0.15) is 13.2 Å². The van der Waals surface area contributed by atoms with Crippen LogP contribution in [0.5, 0.6) is 0 Å². The summed E-state index contributed by atoms with van der Waals surface area (Å²) in [7, 11) is 0. The first-order valence-electron chi connectivity index (χ1n) is 7.02. The number of hydrogen-bond donors (Lipinski definition) is 1. The fourth-order valence-corrected chi connectivity index (χ4v) is 3.37. The lowest BCUT2D eigenvalue weighted by molar-refractivity contribution is -0.137. The van der Waals surface area contributed by atoms with E-state index in [1.807, 2.05) is 5.38 Å². The zero-order valence-corrected chi connectivity index (χ0v) is 12.6. The lowest BCUT2D eigenvalue weighted by Crippen LogP contribution is -2.26. The highest BCUT2D eigenvalue weighted by Gasteiger charge is 2.30. The quantitative estimate of drug-likeness (QED) is 0.940. The summed E-state index contributed by atoms with van der Waals surface area (Å²) in [6, 6.07) is 5.35. The Labute approximate surface area is 130 Å². The summed E-state index contributed by atoms with van der Waals surface area (Å²) >= 11 is 1.45. The van der Waals surface area contributed by atoms with Crippen molar-refractivity contribution in [1.82, 2.24) is 9.88 Å². The Hall–Kier alpha value is -1.44. The van der Waals surface area contributed by atoms with E-state index in [0.717, 1.165) is 48.9 Å². The van der Waals surface area contributed by atoms with E-state index in [-0.39, 0.29) is 6.04 Å². The largest absolute Gasteiger partial charge is 0.416 e. The molecule has 1 fully saturated rings. The van der Waals surface area contributed by atoms with Crippen LogP contribution < -0.4 is 5.73 Å². The zero-order valence-electron chi connectivity index (χ0n) is 11.8. The first kappa shape index (κ1) is 15.5. The van der Waals surface area contributed by atoms with E-state index in [2.05, 4.69) is 9.88 Å². The van der Waals surface area contributed by atoms with Crippen LogP contribution >= 0.6 is 11.3 Å². The SMILES string of the molecule is N[C@@H]1CCN(Cc2csc(-c3ccc(C(F)(F)F)cc3)n2)C1. The second-order valence-corrected chi connectivity index (χ2v) is 6.36. The van der Waals surface area contributed by atoms with Crippen LogP contribution in [-0.4, -0.2) is 29.0 Å². The molecule has 0 aliphatic carbocycles. The molecule has 1 saturated heterocycles. The van der Waals surface area contributed by atoms with Crippen LogP contribution in [0.3, 0.4) is 0 Å². The molecule has 2 N–H and O–H groups in total. The number of benzene rings is 1. The van der Waals surface area contributed by atoms with Gasteiger partial charge in [0.2, 0.25) is 0 Å². The average Bonchev–Trinajstić information content (AvgIpc) is 3.08. The highest BCUT2D eigenvalue weighted by Crippen LogP contribution is 2.32. The lowest BCUT2D eigenvalue weighted by atomic mass is 10.1. The Morgan fingerprint density at radius 2 is 2.00 bits per heavy atom. The molecule has 0 unspecified atom stereocenters. The van der Waals surface area contributed by atoms with Crippen LogP contribution in [-0.2, 0) is 12.7 Å². The predicted molar refractivity (Wildman–Crippen MR) is 80.4 cm³/mol. The van der Waals surface area contributed by atoms with Crippen molar-refractivity contribution in [3.63, 3.8) is 0 Å². The highest BCUT2D eigenvalue weighted by molar-refractivity contribution is 7.13. The molecule has 0 spiro atoms. The molecular weight excluding hydrogens is 311 g/mol. The molecule has 2 aromatic rings. The van der Waals surface area contributed by atoms with Gasteiger partial charge in [-0.15, -0.1) is 11.3 Å². The van der Waals surface area contributed by atoms with E-state index in [1.165, 1.54) is 23.5 Å². The van der Waals surface area contributed by atoms with Gasteiger partial charge in [0, 0.05) is 36.6 Å². The molecule has 118 valence electrons. The van der Waals surface area contributed by atoms with E-state index in [1.54, 1.807) is 0 Å². The number of alkyl halides is 3. The van der Waals surface area contributed by atoms with Crippen molar-refractivity contribution in [2.45, 2.75) is 25.2 Å². The smallest absolute Gasteiger partial charge is 0.326 e. The first-order chi connectivity index (χ1) is 10.4. The maximum absolute atomic E-state index is 12.6. The molecule has 1 aliphatic heterocycles. The van der Waals surface area contributed by atoms with Gasteiger partial charge in [0.25, 0.3) is 0 Å². The minimum Gasteiger partial charge on any atom is -0.326 e. The summed E-state index contributed by atoms with van der Waals surface area (Å²) in [5.74, 6) is 0. The summed E-state index contributed by atoms with van der Waals surface area (Å²) in [4.78, 5) is 6.76. The Morgan fingerprint density at radius 1 is 1.27 bits per heavy atom. The molecule has 1 atom stereocenters. The van der Waals surface area contributed by atoms with Gasteiger partial charge in [0.05, 0.1) is 11.3 Å².